The van der Waals surface area contributed by atoms with Gasteiger partial charge in [0.25, 0.3) is 0 Å². The highest BCUT2D eigenvalue weighted by Gasteiger charge is 2.28. The lowest BCUT2D eigenvalue weighted by Crippen LogP contribution is -2.07. The lowest BCUT2D eigenvalue weighted by atomic mass is 9.97. The van der Waals surface area contributed by atoms with Crippen LogP contribution in [0.5, 0.6) is 5.75 Å². The summed E-state index contributed by atoms with van der Waals surface area (Å²) in [4.78, 5) is 0. The van der Waals surface area contributed by atoms with Gasteiger partial charge in [0.1, 0.15) is 11.6 Å². The molecule has 0 N–H and O–H groups in total. The van der Waals surface area contributed by atoms with Crippen molar-refractivity contribution in [2.24, 2.45) is 0 Å². The number of hydrogen-bond acceptors (Lipinski definition) is 1. The lowest BCUT2D eigenvalue weighted by molar-refractivity contribution is 0.410. The van der Waals surface area contributed by atoms with E-state index in [2.05, 4.69) is 0 Å². The van der Waals surface area contributed by atoms with Crippen LogP contribution < -0.4 is 4.74 Å². The number of methoxy groups -OCH3 is 1. The maximum absolute atomic E-state index is 13.7. The highest BCUT2D eigenvalue weighted by atomic mass is 35.5. The summed E-state index contributed by atoms with van der Waals surface area (Å²) in [5.41, 5.74) is 0.730. The molecule has 1 nitrogen and oxygen atoms in total. The fourth-order valence-corrected chi connectivity index (χ4v) is 2.62. The molecule has 3 heteroatoms. The monoisotopic (exact) mass is 228 g/mol. The van der Waals surface area contributed by atoms with Gasteiger partial charge in [-0.05, 0) is 24.5 Å². The van der Waals surface area contributed by atoms with Crippen molar-refractivity contribution < 1.29 is 9.13 Å². The average molecular weight is 229 g/mol. The van der Waals surface area contributed by atoms with Gasteiger partial charge in [0.2, 0.25) is 0 Å². The van der Waals surface area contributed by atoms with Crippen LogP contribution in [-0.4, -0.2) is 12.5 Å². The molecule has 1 aliphatic carbocycles. The van der Waals surface area contributed by atoms with Crippen LogP contribution >= 0.6 is 11.6 Å². The maximum atomic E-state index is 13.7. The summed E-state index contributed by atoms with van der Waals surface area (Å²) in [7, 11) is 1.54. The van der Waals surface area contributed by atoms with Crippen LogP contribution in [0.1, 0.15) is 30.7 Å². The van der Waals surface area contributed by atoms with E-state index in [-0.39, 0.29) is 17.1 Å². The molecule has 0 aromatic heterocycles. The van der Waals surface area contributed by atoms with Gasteiger partial charge in [-0.1, -0.05) is 12.5 Å². The molecule has 0 spiro atoms. The summed E-state index contributed by atoms with van der Waals surface area (Å²) < 4.78 is 18.7. The first-order valence-corrected chi connectivity index (χ1v) is 5.63. The SMILES string of the molecule is COc1ccc(C2CCCC2Cl)c(F)c1. The van der Waals surface area contributed by atoms with E-state index < -0.39 is 0 Å². The Balaban J connectivity index is 2.28. The maximum Gasteiger partial charge on any atom is 0.130 e. The van der Waals surface area contributed by atoms with Crippen LogP contribution in [-0.2, 0) is 0 Å². The fraction of sp³-hybridized carbons (Fsp3) is 0.500. The van der Waals surface area contributed by atoms with Crippen LogP contribution in [0.15, 0.2) is 18.2 Å². The predicted molar refractivity (Wildman–Crippen MR) is 59.2 cm³/mol. The van der Waals surface area contributed by atoms with Gasteiger partial charge >= 0.3 is 0 Å². The number of alkyl halides is 1. The largest absolute Gasteiger partial charge is 0.497 e. The van der Waals surface area contributed by atoms with Crippen LogP contribution in [0, 0.1) is 5.82 Å². The summed E-state index contributed by atoms with van der Waals surface area (Å²) in [6.07, 6.45) is 3.05. The Labute approximate surface area is 94.2 Å². The van der Waals surface area contributed by atoms with Gasteiger partial charge in [0.15, 0.2) is 0 Å². The standard InChI is InChI=1S/C12H14ClFO/c1-15-8-5-6-10(12(14)7-8)9-3-2-4-11(9)13/h5-7,9,11H,2-4H2,1H3. The van der Waals surface area contributed by atoms with Crippen LogP contribution in [0.4, 0.5) is 4.39 Å². The molecule has 1 fully saturated rings. The average Bonchev–Trinajstić information content (AvgIpc) is 2.64. The quantitative estimate of drug-likeness (QED) is 0.702. The zero-order chi connectivity index (χ0) is 10.8. The molecule has 2 rings (SSSR count). The molecule has 0 bridgehead atoms. The smallest absolute Gasteiger partial charge is 0.130 e. The highest BCUT2D eigenvalue weighted by Crippen LogP contribution is 2.39. The summed E-state index contributed by atoms with van der Waals surface area (Å²) in [6, 6.07) is 5.01. The van der Waals surface area contributed by atoms with Gasteiger partial charge in [-0.25, -0.2) is 4.39 Å². The number of hydrogen-bond donors (Lipinski definition) is 0. The van der Waals surface area contributed by atoms with E-state index in [4.69, 9.17) is 16.3 Å². The second-order valence-electron chi connectivity index (χ2n) is 3.94. The van der Waals surface area contributed by atoms with E-state index in [0.717, 1.165) is 24.8 Å². The summed E-state index contributed by atoms with van der Waals surface area (Å²) in [5, 5.41) is 0.0768. The van der Waals surface area contributed by atoms with Crippen molar-refractivity contribution in [1.82, 2.24) is 0 Å². The van der Waals surface area contributed by atoms with E-state index in [1.807, 2.05) is 0 Å². The Morgan fingerprint density at radius 1 is 1.40 bits per heavy atom. The molecule has 15 heavy (non-hydrogen) atoms. The second-order valence-corrected chi connectivity index (χ2v) is 4.50. The second kappa shape index (κ2) is 4.40. The molecule has 2 unspecified atom stereocenters. The summed E-state index contributed by atoms with van der Waals surface area (Å²) in [6.45, 7) is 0. The molecule has 1 aliphatic rings. The number of halogens is 2. The molecule has 0 saturated heterocycles. The summed E-state index contributed by atoms with van der Waals surface area (Å²) in [5.74, 6) is 0.518. The molecule has 0 heterocycles. The van der Waals surface area contributed by atoms with Crippen molar-refractivity contribution in [2.75, 3.05) is 7.11 Å². The van der Waals surface area contributed by atoms with Gasteiger partial charge in [-0.2, -0.15) is 0 Å². The first kappa shape index (κ1) is 10.7. The Hall–Kier alpha value is -0.760. The van der Waals surface area contributed by atoms with Crippen molar-refractivity contribution in [1.29, 1.82) is 0 Å². The molecule has 0 amide bonds. The van der Waals surface area contributed by atoms with Crippen molar-refractivity contribution >= 4 is 11.6 Å². The number of rotatable bonds is 2. The minimum absolute atomic E-state index is 0.0768. The van der Waals surface area contributed by atoms with Crippen LogP contribution in [0.3, 0.4) is 0 Å². The Morgan fingerprint density at radius 3 is 2.73 bits per heavy atom. The molecule has 0 radical (unpaired) electrons. The zero-order valence-corrected chi connectivity index (χ0v) is 9.43. The molecule has 1 saturated carbocycles. The third-order valence-electron chi connectivity index (χ3n) is 3.04. The van der Waals surface area contributed by atoms with E-state index in [1.165, 1.54) is 13.2 Å². The van der Waals surface area contributed by atoms with Crippen molar-refractivity contribution in [3.05, 3.63) is 29.6 Å². The van der Waals surface area contributed by atoms with Gasteiger partial charge in [0, 0.05) is 17.4 Å². The van der Waals surface area contributed by atoms with E-state index in [1.54, 1.807) is 12.1 Å². The Morgan fingerprint density at radius 2 is 2.20 bits per heavy atom. The third kappa shape index (κ3) is 2.10. The van der Waals surface area contributed by atoms with Gasteiger partial charge in [0.05, 0.1) is 7.11 Å². The molecular weight excluding hydrogens is 215 g/mol. The molecular formula is C12H14ClFO. The topological polar surface area (TPSA) is 9.23 Å². The first-order chi connectivity index (χ1) is 7.22. The fourth-order valence-electron chi connectivity index (χ4n) is 2.20. The molecule has 0 aliphatic heterocycles. The lowest BCUT2D eigenvalue weighted by Gasteiger charge is -2.15. The molecule has 2 atom stereocenters. The third-order valence-corrected chi connectivity index (χ3v) is 3.56. The molecule has 1 aromatic carbocycles. The first-order valence-electron chi connectivity index (χ1n) is 5.20. The summed E-state index contributed by atoms with van der Waals surface area (Å²) >= 11 is 6.16. The number of benzene rings is 1. The van der Waals surface area contributed by atoms with Crippen molar-refractivity contribution in [3.63, 3.8) is 0 Å². The van der Waals surface area contributed by atoms with E-state index in [0.29, 0.717) is 5.75 Å². The van der Waals surface area contributed by atoms with E-state index in [9.17, 15) is 4.39 Å². The highest BCUT2D eigenvalue weighted by molar-refractivity contribution is 6.21. The van der Waals surface area contributed by atoms with Crippen LogP contribution in [0.25, 0.3) is 0 Å². The van der Waals surface area contributed by atoms with Crippen molar-refractivity contribution in [2.45, 2.75) is 30.6 Å². The molecule has 82 valence electrons. The normalized spacial score (nSPS) is 25.5. The number of ether oxygens (including phenoxy) is 1. The minimum Gasteiger partial charge on any atom is -0.497 e. The predicted octanol–water partition coefficient (Wildman–Crippen LogP) is 3.71. The van der Waals surface area contributed by atoms with Crippen molar-refractivity contribution in [3.8, 4) is 5.75 Å². The van der Waals surface area contributed by atoms with E-state index >= 15 is 0 Å². The van der Waals surface area contributed by atoms with Crippen LogP contribution in [0.2, 0.25) is 0 Å². The Kier molecular flexibility index (Phi) is 3.15. The zero-order valence-electron chi connectivity index (χ0n) is 8.67. The molecule has 1 aromatic rings. The van der Waals surface area contributed by atoms with Gasteiger partial charge in [-0.15, -0.1) is 11.6 Å². The minimum atomic E-state index is -0.202. The Bertz CT molecular complexity index is 353. The van der Waals surface area contributed by atoms with Gasteiger partial charge in [-0.3, -0.25) is 0 Å². The van der Waals surface area contributed by atoms with Gasteiger partial charge < -0.3 is 4.74 Å².